The molecular formula is C6H9N3O3. The van der Waals surface area contributed by atoms with Crippen molar-refractivity contribution in [2.45, 2.75) is 12.1 Å². The number of carboxylic acid groups (broad SMARTS) is 1. The van der Waals surface area contributed by atoms with Crippen molar-refractivity contribution in [1.29, 1.82) is 0 Å². The molecule has 0 spiro atoms. The minimum atomic E-state index is -1.35. The Morgan fingerprint density at radius 1 is 1.75 bits per heavy atom. The standard InChI is InChI=1S/C6H9N3O3/c7-3(6(11)12)4(10)5-8-1-2-9-5/h1-4,10H,7H2,(H,8,9)(H,11,12). The maximum Gasteiger partial charge on any atom is 0.323 e. The van der Waals surface area contributed by atoms with E-state index in [0.717, 1.165) is 0 Å². The highest BCUT2D eigenvalue weighted by Gasteiger charge is 2.24. The molecule has 2 atom stereocenters. The van der Waals surface area contributed by atoms with Crippen molar-refractivity contribution in [3.05, 3.63) is 18.2 Å². The van der Waals surface area contributed by atoms with Crippen molar-refractivity contribution >= 4 is 5.97 Å². The molecule has 66 valence electrons. The second-order valence-electron chi connectivity index (χ2n) is 2.28. The second-order valence-corrected chi connectivity index (χ2v) is 2.28. The molecule has 0 aliphatic rings. The number of nitrogens with zero attached hydrogens (tertiary/aromatic N) is 1. The van der Waals surface area contributed by atoms with Gasteiger partial charge < -0.3 is 20.9 Å². The lowest BCUT2D eigenvalue weighted by Gasteiger charge is -2.11. The number of aromatic nitrogens is 2. The number of aromatic amines is 1. The summed E-state index contributed by atoms with van der Waals surface area (Å²) in [5, 5.41) is 17.7. The summed E-state index contributed by atoms with van der Waals surface area (Å²) in [6, 6.07) is -1.35. The van der Waals surface area contributed by atoms with E-state index in [1.54, 1.807) is 0 Å². The minimum Gasteiger partial charge on any atom is -0.480 e. The van der Waals surface area contributed by atoms with E-state index in [-0.39, 0.29) is 5.82 Å². The quantitative estimate of drug-likeness (QED) is 0.459. The first kappa shape index (κ1) is 8.69. The van der Waals surface area contributed by atoms with Gasteiger partial charge in [-0.2, -0.15) is 0 Å². The Kier molecular flexibility index (Phi) is 2.41. The molecular weight excluding hydrogens is 162 g/mol. The lowest BCUT2D eigenvalue weighted by Crippen LogP contribution is -2.36. The zero-order chi connectivity index (χ0) is 9.14. The summed E-state index contributed by atoms with van der Waals surface area (Å²) >= 11 is 0. The second kappa shape index (κ2) is 3.33. The molecule has 6 heteroatoms. The molecule has 5 N–H and O–H groups in total. The highest BCUT2D eigenvalue weighted by Crippen LogP contribution is 2.09. The molecule has 0 radical (unpaired) electrons. The van der Waals surface area contributed by atoms with Crippen LogP contribution in [0, 0.1) is 0 Å². The number of aliphatic hydroxyl groups is 1. The maximum atomic E-state index is 10.3. The lowest BCUT2D eigenvalue weighted by molar-refractivity contribution is -0.141. The molecule has 2 unspecified atom stereocenters. The number of nitrogens with two attached hydrogens (primary N) is 1. The predicted molar refractivity (Wildman–Crippen MR) is 39.2 cm³/mol. The fourth-order valence-electron chi connectivity index (χ4n) is 0.744. The van der Waals surface area contributed by atoms with Gasteiger partial charge in [0.25, 0.3) is 0 Å². The van der Waals surface area contributed by atoms with Gasteiger partial charge in [-0.05, 0) is 0 Å². The van der Waals surface area contributed by atoms with Crippen molar-refractivity contribution in [2.75, 3.05) is 0 Å². The van der Waals surface area contributed by atoms with Crippen LogP contribution in [0.5, 0.6) is 0 Å². The fourth-order valence-corrected chi connectivity index (χ4v) is 0.744. The van der Waals surface area contributed by atoms with Crippen molar-refractivity contribution < 1.29 is 15.0 Å². The van der Waals surface area contributed by atoms with Gasteiger partial charge in [0, 0.05) is 12.4 Å². The molecule has 1 aromatic heterocycles. The molecule has 0 aromatic carbocycles. The summed E-state index contributed by atoms with van der Waals surface area (Å²) in [7, 11) is 0. The third-order valence-corrected chi connectivity index (χ3v) is 1.42. The number of imidazole rings is 1. The average Bonchev–Trinajstić information content (AvgIpc) is 2.53. The average molecular weight is 171 g/mol. The summed E-state index contributed by atoms with van der Waals surface area (Å²) in [6.45, 7) is 0. The van der Waals surface area contributed by atoms with Gasteiger partial charge >= 0.3 is 5.97 Å². The third kappa shape index (κ3) is 1.60. The van der Waals surface area contributed by atoms with E-state index < -0.39 is 18.1 Å². The van der Waals surface area contributed by atoms with Crippen LogP contribution in [0.2, 0.25) is 0 Å². The zero-order valence-electron chi connectivity index (χ0n) is 6.14. The van der Waals surface area contributed by atoms with Crippen LogP contribution in [-0.4, -0.2) is 32.2 Å². The van der Waals surface area contributed by atoms with E-state index in [1.807, 2.05) is 0 Å². The van der Waals surface area contributed by atoms with E-state index in [0.29, 0.717) is 0 Å². The van der Waals surface area contributed by atoms with Crippen LogP contribution in [0.25, 0.3) is 0 Å². The number of nitrogens with one attached hydrogen (secondary N) is 1. The topological polar surface area (TPSA) is 112 Å². The summed E-state index contributed by atoms with van der Waals surface area (Å²) in [6.07, 6.45) is 1.60. The Morgan fingerprint density at radius 3 is 2.83 bits per heavy atom. The molecule has 6 nitrogen and oxygen atoms in total. The molecule has 0 fully saturated rings. The smallest absolute Gasteiger partial charge is 0.323 e. The SMILES string of the molecule is NC(C(=O)O)C(O)c1ncc[nH]1. The van der Waals surface area contributed by atoms with Crippen LogP contribution in [0.3, 0.4) is 0 Å². The summed E-state index contributed by atoms with van der Waals surface area (Å²) in [4.78, 5) is 16.5. The van der Waals surface area contributed by atoms with E-state index >= 15 is 0 Å². The number of hydrogen-bond donors (Lipinski definition) is 4. The molecule has 1 heterocycles. The molecule has 0 saturated heterocycles. The van der Waals surface area contributed by atoms with Gasteiger partial charge in [0.05, 0.1) is 0 Å². The molecule has 0 aliphatic heterocycles. The summed E-state index contributed by atoms with van der Waals surface area (Å²) in [5.41, 5.74) is 5.14. The summed E-state index contributed by atoms with van der Waals surface area (Å²) in [5.74, 6) is -1.11. The first-order chi connectivity index (χ1) is 5.63. The monoisotopic (exact) mass is 171 g/mol. The van der Waals surface area contributed by atoms with Crippen LogP contribution < -0.4 is 5.73 Å². The van der Waals surface area contributed by atoms with Crippen LogP contribution in [0.15, 0.2) is 12.4 Å². The molecule has 0 bridgehead atoms. The van der Waals surface area contributed by atoms with Crippen LogP contribution in [-0.2, 0) is 4.79 Å². The highest BCUT2D eigenvalue weighted by molar-refractivity contribution is 5.74. The van der Waals surface area contributed by atoms with Gasteiger partial charge in [0.2, 0.25) is 0 Å². The predicted octanol–water partition coefficient (Wildman–Crippen LogP) is -1.15. The van der Waals surface area contributed by atoms with Gasteiger partial charge in [-0.25, -0.2) is 4.98 Å². The van der Waals surface area contributed by atoms with Gasteiger partial charge in [0.15, 0.2) is 0 Å². The largest absolute Gasteiger partial charge is 0.480 e. The van der Waals surface area contributed by atoms with Gasteiger partial charge in [0.1, 0.15) is 18.0 Å². The Labute approximate surface area is 68.0 Å². The van der Waals surface area contributed by atoms with Crippen molar-refractivity contribution in [1.82, 2.24) is 9.97 Å². The number of hydrogen-bond acceptors (Lipinski definition) is 4. The molecule has 12 heavy (non-hydrogen) atoms. The molecule has 1 aromatic rings. The zero-order valence-corrected chi connectivity index (χ0v) is 6.14. The van der Waals surface area contributed by atoms with E-state index in [9.17, 15) is 9.90 Å². The van der Waals surface area contributed by atoms with Crippen LogP contribution in [0.4, 0.5) is 0 Å². The Bertz CT molecular complexity index is 259. The van der Waals surface area contributed by atoms with E-state index in [2.05, 4.69) is 9.97 Å². The highest BCUT2D eigenvalue weighted by atomic mass is 16.4. The van der Waals surface area contributed by atoms with Gasteiger partial charge in [-0.3, -0.25) is 4.79 Å². The molecule has 0 saturated carbocycles. The Morgan fingerprint density at radius 2 is 2.42 bits per heavy atom. The molecule has 0 amide bonds. The Balaban J connectivity index is 2.71. The minimum absolute atomic E-state index is 0.157. The van der Waals surface area contributed by atoms with Crippen LogP contribution >= 0.6 is 0 Å². The fraction of sp³-hybridized carbons (Fsp3) is 0.333. The van der Waals surface area contributed by atoms with E-state index in [4.69, 9.17) is 10.8 Å². The van der Waals surface area contributed by atoms with Crippen molar-refractivity contribution in [3.63, 3.8) is 0 Å². The number of H-pyrrole nitrogens is 1. The van der Waals surface area contributed by atoms with Crippen molar-refractivity contribution in [2.24, 2.45) is 5.73 Å². The molecule has 0 aliphatic carbocycles. The lowest BCUT2D eigenvalue weighted by atomic mass is 10.2. The number of carbonyl (C=O) groups is 1. The number of aliphatic carboxylic acids is 1. The van der Waals surface area contributed by atoms with E-state index in [1.165, 1.54) is 12.4 Å². The van der Waals surface area contributed by atoms with Gasteiger partial charge in [-0.1, -0.05) is 0 Å². The van der Waals surface area contributed by atoms with Crippen LogP contribution in [0.1, 0.15) is 11.9 Å². The van der Waals surface area contributed by atoms with Crippen molar-refractivity contribution in [3.8, 4) is 0 Å². The van der Waals surface area contributed by atoms with Gasteiger partial charge in [-0.15, -0.1) is 0 Å². The third-order valence-electron chi connectivity index (χ3n) is 1.42. The number of rotatable bonds is 3. The summed E-state index contributed by atoms with van der Waals surface area (Å²) < 4.78 is 0. The first-order valence-corrected chi connectivity index (χ1v) is 3.28. The normalized spacial score (nSPS) is 15.5. The molecule has 1 rings (SSSR count). The number of carboxylic acids is 1. The maximum absolute atomic E-state index is 10.3. The number of aliphatic hydroxyl groups excluding tert-OH is 1. The Hall–Kier alpha value is -1.40. The first-order valence-electron chi connectivity index (χ1n) is 3.28.